The lowest BCUT2D eigenvalue weighted by atomic mass is 9.70. The molecule has 3 aliphatic heterocycles. The van der Waals surface area contributed by atoms with Crippen LogP contribution in [0, 0.1) is 17.8 Å². The highest BCUT2D eigenvalue weighted by molar-refractivity contribution is 9.09. The van der Waals surface area contributed by atoms with Gasteiger partial charge in [0.1, 0.15) is 6.04 Å². The molecule has 9 heteroatoms. The van der Waals surface area contributed by atoms with Crippen LogP contribution in [0.5, 0.6) is 0 Å². The van der Waals surface area contributed by atoms with Gasteiger partial charge >= 0.3 is 0 Å². The van der Waals surface area contributed by atoms with Crippen molar-refractivity contribution < 1.29 is 19.5 Å². The van der Waals surface area contributed by atoms with E-state index in [0.29, 0.717) is 12.1 Å². The van der Waals surface area contributed by atoms with Crippen LogP contribution in [-0.4, -0.2) is 67.3 Å². The SMILES string of the molecule is CC[C@H](C)[C@H](CO)N1C(=O)[C@@H]2[C@H](C(=O)Nc3ccccc3)[C@H]3SC2(CC3Br)C1C(=O)NC(C)C. The quantitative estimate of drug-likeness (QED) is 0.431. The summed E-state index contributed by atoms with van der Waals surface area (Å²) in [6.45, 7) is 7.59. The molecule has 34 heavy (non-hydrogen) atoms. The van der Waals surface area contributed by atoms with Gasteiger partial charge in [0.2, 0.25) is 17.7 Å². The van der Waals surface area contributed by atoms with Crippen molar-refractivity contribution in [3.8, 4) is 0 Å². The van der Waals surface area contributed by atoms with Crippen LogP contribution in [0.2, 0.25) is 0 Å². The van der Waals surface area contributed by atoms with E-state index in [-0.39, 0.29) is 46.4 Å². The number of anilines is 1. The second-order valence-corrected chi connectivity index (χ2v) is 12.8. The van der Waals surface area contributed by atoms with Gasteiger partial charge in [-0.25, -0.2) is 0 Å². The van der Waals surface area contributed by atoms with Crippen LogP contribution >= 0.6 is 27.7 Å². The van der Waals surface area contributed by atoms with E-state index >= 15 is 0 Å². The third-order valence-electron chi connectivity index (χ3n) is 7.60. The average Bonchev–Trinajstić information content (AvgIpc) is 3.38. The van der Waals surface area contributed by atoms with Gasteiger partial charge in [-0.2, -0.15) is 0 Å². The molecule has 3 saturated heterocycles. The molecule has 3 fully saturated rings. The normalized spacial score (nSPS) is 33.7. The van der Waals surface area contributed by atoms with Crippen LogP contribution in [0.1, 0.15) is 40.5 Å². The van der Waals surface area contributed by atoms with Crippen LogP contribution < -0.4 is 10.6 Å². The van der Waals surface area contributed by atoms with E-state index in [9.17, 15) is 19.5 Å². The van der Waals surface area contributed by atoms with E-state index < -0.39 is 28.7 Å². The van der Waals surface area contributed by atoms with Crippen molar-refractivity contribution in [2.24, 2.45) is 17.8 Å². The van der Waals surface area contributed by atoms with Crippen molar-refractivity contribution in [2.45, 2.75) is 73.5 Å². The monoisotopic (exact) mass is 551 g/mol. The highest BCUT2D eigenvalue weighted by Crippen LogP contribution is 2.68. The van der Waals surface area contributed by atoms with Gasteiger partial charge < -0.3 is 20.6 Å². The van der Waals surface area contributed by atoms with E-state index in [0.717, 1.165) is 6.42 Å². The third kappa shape index (κ3) is 4.07. The molecule has 8 atom stereocenters. The summed E-state index contributed by atoms with van der Waals surface area (Å²) in [5, 5.41) is 16.2. The zero-order valence-corrected chi connectivity index (χ0v) is 22.4. The summed E-state index contributed by atoms with van der Waals surface area (Å²) in [6, 6.07) is 7.94. The van der Waals surface area contributed by atoms with Crippen molar-refractivity contribution in [2.75, 3.05) is 11.9 Å². The summed E-state index contributed by atoms with van der Waals surface area (Å²) in [4.78, 5) is 42.9. The molecule has 0 aromatic heterocycles. The fourth-order valence-corrected chi connectivity index (χ4v) is 9.55. The first kappa shape index (κ1) is 25.5. The number of hydrogen-bond donors (Lipinski definition) is 3. The average molecular weight is 553 g/mol. The molecule has 3 heterocycles. The van der Waals surface area contributed by atoms with Gasteiger partial charge in [-0.3, -0.25) is 14.4 Å². The first-order valence-corrected chi connectivity index (χ1v) is 13.9. The minimum atomic E-state index is -0.733. The maximum Gasteiger partial charge on any atom is 0.244 e. The predicted molar refractivity (Wildman–Crippen MR) is 138 cm³/mol. The van der Waals surface area contributed by atoms with Crippen molar-refractivity contribution in [1.82, 2.24) is 10.2 Å². The zero-order chi connectivity index (χ0) is 24.8. The molecule has 1 aromatic rings. The molecule has 3 amide bonds. The largest absolute Gasteiger partial charge is 0.394 e. The molecule has 1 spiro atoms. The van der Waals surface area contributed by atoms with Gasteiger partial charge in [0, 0.05) is 21.8 Å². The molecule has 1 aromatic carbocycles. The number of aliphatic hydroxyl groups is 1. The number of rotatable bonds is 8. The molecule has 0 saturated carbocycles. The Morgan fingerprint density at radius 1 is 1.24 bits per heavy atom. The first-order chi connectivity index (χ1) is 16.2. The van der Waals surface area contributed by atoms with Gasteiger partial charge in [-0.05, 0) is 38.3 Å². The van der Waals surface area contributed by atoms with Crippen LogP contribution in [-0.2, 0) is 14.4 Å². The lowest BCUT2D eigenvalue weighted by Crippen LogP contribution is -2.58. The minimum absolute atomic E-state index is 0.0112. The fourth-order valence-electron chi connectivity index (χ4n) is 5.95. The molecule has 3 N–H and O–H groups in total. The molecular formula is C25H34BrN3O4S. The maximum absolute atomic E-state index is 14.1. The Morgan fingerprint density at radius 2 is 1.91 bits per heavy atom. The number of benzene rings is 1. The number of hydrogen-bond acceptors (Lipinski definition) is 5. The number of aliphatic hydroxyl groups excluding tert-OH is 1. The lowest BCUT2D eigenvalue weighted by Gasteiger charge is -2.39. The summed E-state index contributed by atoms with van der Waals surface area (Å²) in [5.41, 5.74) is 0.685. The smallest absolute Gasteiger partial charge is 0.244 e. The number of carbonyl (C=O) groups is 3. The number of likely N-dealkylation sites (tertiary alicyclic amines) is 1. The summed E-state index contributed by atoms with van der Waals surface area (Å²) in [5.74, 6) is -1.75. The topological polar surface area (TPSA) is 98.7 Å². The van der Waals surface area contributed by atoms with Gasteiger partial charge in [-0.15, -0.1) is 11.8 Å². The van der Waals surface area contributed by atoms with Gasteiger partial charge in [0.05, 0.1) is 29.2 Å². The third-order valence-corrected chi connectivity index (χ3v) is 10.8. The number of carbonyl (C=O) groups excluding carboxylic acids is 3. The summed E-state index contributed by atoms with van der Waals surface area (Å²) >= 11 is 5.38. The summed E-state index contributed by atoms with van der Waals surface area (Å²) in [7, 11) is 0. The van der Waals surface area contributed by atoms with Crippen LogP contribution in [0.3, 0.4) is 0 Å². The van der Waals surface area contributed by atoms with Crippen molar-refractivity contribution in [3.05, 3.63) is 30.3 Å². The summed E-state index contributed by atoms with van der Waals surface area (Å²) in [6.07, 6.45) is 1.39. The minimum Gasteiger partial charge on any atom is -0.394 e. The fraction of sp³-hybridized carbons (Fsp3) is 0.640. The Kier molecular flexibility index (Phi) is 7.37. The highest BCUT2D eigenvalue weighted by atomic mass is 79.9. The van der Waals surface area contributed by atoms with Crippen molar-refractivity contribution >= 4 is 51.1 Å². The van der Waals surface area contributed by atoms with E-state index in [1.54, 1.807) is 16.7 Å². The van der Waals surface area contributed by atoms with E-state index in [1.165, 1.54) is 0 Å². The molecule has 3 aliphatic rings. The number of alkyl halides is 1. The van der Waals surface area contributed by atoms with Gasteiger partial charge in [0.25, 0.3) is 0 Å². The van der Waals surface area contributed by atoms with Gasteiger partial charge in [-0.1, -0.05) is 54.4 Å². The number of amides is 3. The second kappa shape index (κ2) is 9.82. The van der Waals surface area contributed by atoms with E-state index in [4.69, 9.17) is 0 Å². The maximum atomic E-state index is 14.1. The van der Waals surface area contributed by atoms with E-state index in [2.05, 4.69) is 26.6 Å². The second-order valence-electron chi connectivity index (χ2n) is 10.1. The molecule has 2 bridgehead atoms. The number of para-hydroxylation sites is 1. The molecule has 7 nitrogen and oxygen atoms in total. The summed E-state index contributed by atoms with van der Waals surface area (Å²) < 4.78 is -0.714. The number of nitrogens with one attached hydrogen (secondary N) is 2. The van der Waals surface area contributed by atoms with Crippen LogP contribution in [0.4, 0.5) is 5.69 Å². The molecular weight excluding hydrogens is 518 g/mol. The van der Waals surface area contributed by atoms with Crippen LogP contribution in [0.25, 0.3) is 0 Å². The Bertz CT molecular complexity index is 947. The standard InChI is InChI=1S/C25H34BrN3O4S/c1-5-14(4)17(12-30)29-21(23(32)27-13(2)3)25-11-16(26)20(34-25)18(19(25)24(29)33)22(31)28-15-9-7-6-8-10-15/h6-10,13-14,16-21,30H,5,11-12H2,1-4H3,(H,27,32)(H,28,31)/t14-,16?,17-,18-,19-,20-,21?,25?/m0/s1. The lowest BCUT2D eigenvalue weighted by molar-refractivity contribution is -0.143. The first-order valence-electron chi connectivity index (χ1n) is 12.1. The van der Waals surface area contributed by atoms with Crippen molar-refractivity contribution in [1.29, 1.82) is 0 Å². The predicted octanol–water partition coefficient (Wildman–Crippen LogP) is 3.02. The Labute approximate surface area is 213 Å². The molecule has 3 unspecified atom stereocenters. The number of halogens is 1. The van der Waals surface area contributed by atoms with E-state index in [1.807, 2.05) is 58.0 Å². The number of thioether (sulfide) groups is 1. The Hall–Kier alpha value is -1.58. The highest BCUT2D eigenvalue weighted by Gasteiger charge is 2.76. The molecule has 4 rings (SSSR count). The zero-order valence-electron chi connectivity index (χ0n) is 20.0. The number of fused-ring (bicyclic) bond motifs is 1. The number of nitrogens with zero attached hydrogens (tertiary/aromatic N) is 1. The Balaban J connectivity index is 1.76. The molecule has 186 valence electrons. The van der Waals surface area contributed by atoms with Gasteiger partial charge in [0.15, 0.2) is 0 Å². The Morgan fingerprint density at radius 3 is 2.50 bits per heavy atom. The van der Waals surface area contributed by atoms with Crippen LogP contribution in [0.15, 0.2) is 30.3 Å². The molecule has 0 radical (unpaired) electrons. The van der Waals surface area contributed by atoms with Crippen molar-refractivity contribution in [3.63, 3.8) is 0 Å². The molecule has 0 aliphatic carbocycles.